The first-order chi connectivity index (χ1) is 5.64. The van der Waals surface area contributed by atoms with Crippen molar-refractivity contribution in [3.05, 3.63) is 12.2 Å². The summed E-state index contributed by atoms with van der Waals surface area (Å²) < 4.78 is 4.56. The molecule has 0 bridgehead atoms. The second-order valence-electron chi connectivity index (χ2n) is 3.12. The fourth-order valence-electron chi connectivity index (χ4n) is 1.43. The zero-order valence-electron chi connectivity index (χ0n) is 7.20. The van der Waals surface area contributed by atoms with Crippen LogP contribution in [0.3, 0.4) is 0 Å². The van der Waals surface area contributed by atoms with E-state index < -0.39 is 11.4 Å². The normalized spacial score (nSPS) is 32.9. The van der Waals surface area contributed by atoms with Crippen molar-refractivity contribution in [1.82, 2.24) is 0 Å². The van der Waals surface area contributed by atoms with Crippen molar-refractivity contribution in [1.29, 1.82) is 5.26 Å². The van der Waals surface area contributed by atoms with E-state index in [-0.39, 0.29) is 5.92 Å². The Balaban J connectivity index is 2.89. The lowest BCUT2D eigenvalue weighted by molar-refractivity contribution is -0.147. The molecule has 3 nitrogen and oxygen atoms in total. The minimum Gasteiger partial charge on any atom is -0.468 e. The third kappa shape index (κ3) is 1.20. The highest BCUT2D eigenvalue weighted by Gasteiger charge is 2.41. The molecule has 1 aliphatic rings. The van der Waals surface area contributed by atoms with Gasteiger partial charge in [0, 0.05) is 0 Å². The molecule has 0 saturated heterocycles. The molecule has 0 saturated carbocycles. The standard InChI is InChI=1S/C9H11NO2/c1-7-3-4-9(5-7,6-10)8(11)12-2/h3-4,7H,5H2,1-2H3. The summed E-state index contributed by atoms with van der Waals surface area (Å²) in [6.45, 7) is 1.97. The minimum atomic E-state index is -1.02. The smallest absolute Gasteiger partial charge is 0.330 e. The molecule has 0 aliphatic heterocycles. The van der Waals surface area contributed by atoms with Crippen molar-refractivity contribution in [2.75, 3.05) is 7.11 Å². The van der Waals surface area contributed by atoms with Gasteiger partial charge in [0.15, 0.2) is 5.41 Å². The van der Waals surface area contributed by atoms with Crippen molar-refractivity contribution in [2.45, 2.75) is 13.3 Å². The van der Waals surface area contributed by atoms with Crippen LogP contribution in [0.1, 0.15) is 13.3 Å². The van der Waals surface area contributed by atoms with Gasteiger partial charge < -0.3 is 4.74 Å². The highest BCUT2D eigenvalue weighted by atomic mass is 16.5. The summed E-state index contributed by atoms with van der Waals surface area (Å²) >= 11 is 0. The van der Waals surface area contributed by atoms with Crippen LogP contribution in [0.25, 0.3) is 0 Å². The van der Waals surface area contributed by atoms with Gasteiger partial charge in [-0.1, -0.05) is 19.1 Å². The number of methoxy groups -OCH3 is 1. The summed E-state index contributed by atoms with van der Waals surface area (Å²) in [5.41, 5.74) is -1.02. The number of hydrogen-bond donors (Lipinski definition) is 0. The van der Waals surface area contributed by atoms with Crippen LogP contribution in [0.4, 0.5) is 0 Å². The number of esters is 1. The number of nitriles is 1. The van der Waals surface area contributed by atoms with E-state index in [1.54, 1.807) is 6.08 Å². The number of carbonyl (C=O) groups excluding carboxylic acids is 1. The molecule has 2 atom stereocenters. The number of allylic oxidation sites excluding steroid dienone is 1. The average Bonchev–Trinajstić information content (AvgIpc) is 2.47. The average molecular weight is 165 g/mol. The van der Waals surface area contributed by atoms with Gasteiger partial charge in [-0.15, -0.1) is 0 Å². The summed E-state index contributed by atoms with van der Waals surface area (Å²) in [6, 6.07) is 2.00. The monoisotopic (exact) mass is 165 g/mol. The van der Waals surface area contributed by atoms with Crippen LogP contribution < -0.4 is 0 Å². The first-order valence-electron chi connectivity index (χ1n) is 3.83. The van der Waals surface area contributed by atoms with Gasteiger partial charge in [0.1, 0.15) is 0 Å². The van der Waals surface area contributed by atoms with Crippen molar-refractivity contribution in [3.8, 4) is 6.07 Å². The van der Waals surface area contributed by atoms with Gasteiger partial charge in [-0.3, -0.25) is 0 Å². The molecule has 0 aromatic heterocycles. The summed E-state index contributed by atoms with van der Waals surface area (Å²) in [4.78, 5) is 11.2. The molecule has 0 aromatic carbocycles. The zero-order valence-corrected chi connectivity index (χ0v) is 7.20. The van der Waals surface area contributed by atoms with E-state index in [9.17, 15) is 4.79 Å². The highest BCUT2D eigenvalue weighted by Crippen LogP contribution is 2.35. The molecule has 1 rings (SSSR count). The van der Waals surface area contributed by atoms with Gasteiger partial charge in [-0.25, -0.2) is 4.79 Å². The minimum absolute atomic E-state index is 0.281. The topological polar surface area (TPSA) is 50.1 Å². The largest absolute Gasteiger partial charge is 0.468 e. The van der Waals surface area contributed by atoms with Gasteiger partial charge in [0.25, 0.3) is 0 Å². The summed E-state index contributed by atoms with van der Waals surface area (Å²) in [7, 11) is 1.30. The summed E-state index contributed by atoms with van der Waals surface area (Å²) in [5, 5.41) is 8.83. The van der Waals surface area contributed by atoms with E-state index in [1.807, 2.05) is 19.1 Å². The summed E-state index contributed by atoms with van der Waals surface area (Å²) in [6.07, 6.45) is 4.06. The Kier molecular flexibility index (Phi) is 2.18. The first-order valence-corrected chi connectivity index (χ1v) is 3.83. The molecule has 64 valence electrons. The maximum absolute atomic E-state index is 11.2. The van der Waals surface area contributed by atoms with E-state index >= 15 is 0 Å². The predicted octanol–water partition coefficient (Wildman–Crippen LogP) is 1.27. The second kappa shape index (κ2) is 2.98. The number of nitrogens with zero attached hydrogens (tertiary/aromatic N) is 1. The molecule has 0 radical (unpaired) electrons. The second-order valence-corrected chi connectivity index (χ2v) is 3.12. The van der Waals surface area contributed by atoms with E-state index in [2.05, 4.69) is 4.74 Å². The zero-order chi connectivity index (χ0) is 9.19. The first kappa shape index (κ1) is 8.79. The third-order valence-corrected chi connectivity index (χ3v) is 2.10. The van der Waals surface area contributed by atoms with E-state index in [0.717, 1.165) is 0 Å². The Morgan fingerprint density at radius 3 is 2.83 bits per heavy atom. The molecular weight excluding hydrogens is 154 g/mol. The molecule has 2 unspecified atom stereocenters. The Bertz CT molecular complexity index is 264. The molecule has 3 heteroatoms. The molecule has 12 heavy (non-hydrogen) atoms. The van der Waals surface area contributed by atoms with Gasteiger partial charge >= 0.3 is 5.97 Å². The molecule has 0 heterocycles. The Morgan fingerprint density at radius 2 is 2.50 bits per heavy atom. The lowest BCUT2D eigenvalue weighted by atomic mass is 9.87. The Hall–Kier alpha value is -1.30. The van der Waals surface area contributed by atoms with Gasteiger partial charge in [-0.05, 0) is 12.3 Å². The summed E-state index contributed by atoms with van der Waals surface area (Å²) in [5.74, 6) is -0.172. The number of ether oxygens (including phenoxy) is 1. The van der Waals surface area contributed by atoms with Crippen molar-refractivity contribution in [3.63, 3.8) is 0 Å². The fraction of sp³-hybridized carbons (Fsp3) is 0.556. The number of hydrogen-bond acceptors (Lipinski definition) is 3. The van der Waals surface area contributed by atoms with Crippen LogP contribution in [-0.2, 0) is 9.53 Å². The third-order valence-electron chi connectivity index (χ3n) is 2.10. The lowest BCUT2D eigenvalue weighted by Gasteiger charge is -2.15. The Morgan fingerprint density at radius 1 is 1.83 bits per heavy atom. The molecule has 0 N–H and O–H groups in total. The quantitative estimate of drug-likeness (QED) is 0.434. The van der Waals surface area contributed by atoms with Crippen LogP contribution in [0.15, 0.2) is 12.2 Å². The van der Waals surface area contributed by atoms with E-state index in [0.29, 0.717) is 6.42 Å². The van der Waals surface area contributed by atoms with Gasteiger partial charge in [0.05, 0.1) is 13.2 Å². The fourth-order valence-corrected chi connectivity index (χ4v) is 1.43. The van der Waals surface area contributed by atoms with Crippen LogP contribution in [0.5, 0.6) is 0 Å². The molecule has 0 amide bonds. The predicted molar refractivity (Wildman–Crippen MR) is 43.0 cm³/mol. The number of carbonyl (C=O) groups is 1. The highest BCUT2D eigenvalue weighted by molar-refractivity contribution is 5.83. The SMILES string of the molecule is COC(=O)C1(C#N)C=CC(C)C1. The van der Waals surface area contributed by atoms with Crippen LogP contribution in [-0.4, -0.2) is 13.1 Å². The van der Waals surface area contributed by atoms with E-state index in [1.165, 1.54) is 7.11 Å². The lowest BCUT2D eigenvalue weighted by Crippen LogP contribution is -2.27. The van der Waals surface area contributed by atoms with Crippen LogP contribution in [0, 0.1) is 22.7 Å². The van der Waals surface area contributed by atoms with Gasteiger partial charge in [-0.2, -0.15) is 5.26 Å². The van der Waals surface area contributed by atoms with Crippen LogP contribution >= 0.6 is 0 Å². The molecule has 0 aromatic rings. The maximum Gasteiger partial charge on any atom is 0.330 e. The Labute approximate surface area is 71.6 Å². The van der Waals surface area contributed by atoms with Crippen molar-refractivity contribution < 1.29 is 9.53 Å². The van der Waals surface area contributed by atoms with Crippen molar-refractivity contribution >= 4 is 5.97 Å². The molecule has 0 spiro atoms. The van der Waals surface area contributed by atoms with Crippen molar-refractivity contribution in [2.24, 2.45) is 11.3 Å². The molecule has 1 aliphatic carbocycles. The molecular formula is C9H11NO2. The molecule has 0 fully saturated rings. The van der Waals surface area contributed by atoms with E-state index in [4.69, 9.17) is 5.26 Å². The van der Waals surface area contributed by atoms with Gasteiger partial charge in [0.2, 0.25) is 0 Å². The number of rotatable bonds is 1. The van der Waals surface area contributed by atoms with Crippen LogP contribution in [0.2, 0.25) is 0 Å². The maximum atomic E-state index is 11.2.